The highest BCUT2D eigenvalue weighted by Crippen LogP contribution is 2.31. The van der Waals surface area contributed by atoms with Crippen molar-refractivity contribution in [1.82, 2.24) is 4.72 Å². The third kappa shape index (κ3) is 3.63. The molecule has 0 aliphatic heterocycles. The topological polar surface area (TPSA) is 83.5 Å². The molecule has 1 fully saturated rings. The first-order valence-electron chi connectivity index (χ1n) is 7.11. The van der Waals surface area contributed by atoms with Crippen LogP contribution in [0.5, 0.6) is 0 Å². The van der Waals surface area contributed by atoms with Gasteiger partial charge in [-0.05, 0) is 55.9 Å². The number of sulfonamides is 1. The third-order valence-electron chi connectivity index (χ3n) is 4.30. The lowest BCUT2D eigenvalue weighted by Crippen LogP contribution is -2.33. The molecule has 1 aromatic rings. The van der Waals surface area contributed by atoms with Gasteiger partial charge in [-0.2, -0.15) is 0 Å². The first kappa shape index (κ1) is 16.0. The number of nitrogens with one attached hydrogen (secondary N) is 1. The first-order valence-corrected chi connectivity index (χ1v) is 8.59. The summed E-state index contributed by atoms with van der Waals surface area (Å²) >= 11 is 0. The van der Waals surface area contributed by atoms with Gasteiger partial charge in [0.25, 0.3) is 0 Å². The average molecular weight is 311 g/mol. The van der Waals surface area contributed by atoms with Gasteiger partial charge in [-0.1, -0.05) is 12.5 Å². The molecule has 1 aliphatic rings. The molecule has 0 heterocycles. The van der Waals surface area contributed by atoms with E-state index in [0.29, 0.717) is 6.42 Å². The van der Waals surface area contributed by atoms with Crippen LogP contribution in [-0.2, 0) is 14.8 Å². The molecule has 5 nitrogen and oxygen atoms in total. The number of benzene rings is 1. The van der Waals surface area contributed by atoms with E-state index in [-0.39, 0.29) is 17.4 Å². The van der Waals surface area contributed by atoms with Crippen LogP contribution >= 0.6 is 0 Å². The molecule has 1 aliphatic carbocycles. The minimum absolute atomic E-state index is 0.121. The van der Waals surface area contributed by atoms with Crippen molar-refractivity contribution in [2.45, 2.75) is 38.0 Å². The summed E-state index contributed by atoms with van der Waals surface area (Å²) in [5.74, 6) is -1.39. The molecule has 6 heteroatoms. The predicted molar refractivity (Wildman–Crippen MR) is 79.6 cm³/mol. The fourth-order valence-electron chi connectivity index (χ4n) is 2.79. The van der Waals surface area contributed by atoms with E-state index in [1.165, 1.54) is 0 Å². The van der Waals surface area contributed by atoms with E-state index in [1.807, 2.05) is 13.8 Å². The van der Waals surface area contributed by atoms with Gasteiger partial charge < -0.3 is 5.11 Å². The third-order valence-corrected chi connectivity index (χ3v) is 5.72. The zero-order chi connectivity index (χ0) is 15.6. The van der Waals surface area contributed by atoms with Crippen LogP contribution in [0.3, 0.4) is 0 Å². The zero-order valence-electron chi connectivity index (χ0n) is 12.3. The molecule has 2 rings (SSSR count). The molecule has 0 aromatic heterocycles. The van der Waals surface area contributed by atoms with E-state index in [1.54, 1.807) is 18.2 Å². The van der Waals surface area contributed by atoms with Gasteiger partial charge in [0.1, 0.15) is 0 Å². The van der Waals surface area contributed by atoms with Crippen molar-refractivity contribution in [2.24, 2.45) is 11.8 Å². The van der Waals surface area contributed by atoms with Gasteiger partial charge >= 0.3 is 5.97 Å². The SMILES string of the molecule is Cc1ccc(S(=O)(=O)NCC2CCCC2C(=O)O)cc1C. The van der Waals surface area contributed by atoms with Crippen molar-refractivity contribution in [3.63, 3.8) is 0 Å². The number of aliphatic carboxylic acids is 1. The Hall–Kier alpha value is -1.40. The molecular weight excluding hydrogens is 290 g/mol. The van der Waals surface area contributed by atoms with Crippen LogP contribution in [-0.4, -0.2) is 26.0 Å². The Bertz CT molecular complexity index is 639. The molecule has 0 saturated heterocycles. The highest BCUT2D eigenvalue weighted by atomic mass is 32.2. The summed E-state index contributed by atoms with van der Waals surface area (Å²) in [5, 5.41) is 9.12. The Morgan fingerprint density at radius 3 is 2.62 bits per heavy atom. The molecule has 1 saturated carbocycles. The van der Waals surface area contributed by atoms with E-state index in [2.05, 4.69) is 4.72 Å². The predicted octanol–water partition coefficient (Wildman–Crippen LogP) is 2.08. The molecule has 0 radical (unpaired) electrons. The Kier molecular flexibility index (Phi) is 4.68. The molecule has 116 valence electrons. The second-order valence-electron chi connectivity index (χ2n) is 5.73. The summed E-state index contributed by atoms with van der Waals surface area (Å²) in [6.07, 6.45) is 2.23. The Morgan fingerprint density at radius 1 is 1.29 bits per heavy atom. The maximum atomic E-state index is 12.3. The van der Waals surface area contributed by atoms with Crippen molar-refractivity contribution in [2.75, 3.05) is 6.54 Å². The van der Waals surface area contributed by atoms with Crippen molar-refractivity contribution >= 4 is 16.0 Å². The minimum Gasteiger partial charge on any atom is -0.481 e. The molecule has 0 amide bonds. The fraction of sp³-hybridized carbons (Fsp3) is 0.533. The Balaban J connectivity index is 2.07. The van der Waals surface area contributed by atoms with Crippen LogP contribution in [0.4, 0.5) is 0 Å². The van der Waals surface area contributed by atoms with Crippen LogP contribution in [0, 0.1) is 25.7 Å². The number of carbonyl (C=O) groups is 1. The monoisotopic (exact) mass is 311 g/mol. The molecule has 0 bridgehead atoms. The molecule has 2 atom stereocenters. The summed E-state index contributed by atoms with van der Waals surface area (Å²) in [7, 11) is -3.58. The molecule has 2 N–H and O–H groups in total. The van der Waals surface area contributed by atoms with Gasteiger partial charge in [0, 0.05) is 6.54 Å². The smallest absolute Gasteiger partial charge is 0.306 e. The Labute approximate surface area is 125 Å². The standard InChI is InChI=1S/C15H21NO4S/c1-10-6-7-13(8-11(10)2)21(19,20)16-9-12-4-3-5-14(12)15(17)18/h6-8,12,14,16H,3-5,9H2,1-2H3,(H,17,18). The molecule has 2 unspecified atom stereocenters. The van der Waals surface area contributed by atoms with Crippen LogP contribution in [0.25, 0.3) is 0 Å². The number of carboxylic acids is 1. The number of hydrogen-bond donors (Lipinski definition) is 2. The van der Waals surface area contributed by atoms with Gasteiger partial charge in [-0.25, -0.2) is 13.1 Å². The summed E-state index contributed by atoms with van der Waals surface area (Å²) in [6.45, 7) is 3.98. The van der Waals surface area contributed by atoms with E-state index in [4.69, 9.17) is 5.11 Å². The number of carboxylic acid groups (broad SMARTS) is 1. The maximum absolute atomic E-state index is 12.3. The molecular formula is C15H21NO4S. The highest BCUT2D eigenvalue weighted by molar-refractivity contribution is 7.89. The lowest BCUT2D eigenvalue weighted by molar-refractivity contribution is -0.142. The van der Waals surface area contributed by atoms with Gasteiger partial charge in [-0.3, -0.25) is 4.79 Å². The van der Waals surface area contributed by atoms with Crippen molar-refractivity contribution in [3.8, 4) is 0 Å². The first-order chi connectivity index (χ1) is 9.81. The second kappa shape index (κ2) is 6.15. The average Bonchev–Trinajstić information content (AvgIpc) is 2.88. The number of aryl methyl sites for hydroxylation is 2. The minimum atomic E-state index is -3.58. The number of rotatable bonds is 5. The van der Waals surface area contributed by atoms with Crippen LogP contribution in [0.2, 0.25) is 0 Å². The largest absolute Gasteiger partial charge is 0.481 e. The van der Waals surface area contributed by atoms with Gasteiger partial charge in [0.05, 0.1) is 10.8 Å². The van der Waals surface area contributed by atoms with Crippen molar-refractivity contribution in [1.29, 1.82) is 0 Å². The van der Waals surface area contributed by atoms with Gasteiger partial charge in [0.2, 0.25) is 10.0 Å². The lowest BCUT2D eigenvalue weighted by Gasteiger charge is -2.16. The van der Waals surface area contributed by atoms with Crippen LogP contribution in [0.15, 0.2) is 23.1 Å². The Morgan fingerprint density at radius 2 is 2.00 bits per heavy atom. The quantitative estimate of drug-likeness (QED) is 0.872. The van der Waals surface area contributed by atoms with Gasteiger partial charge in [0.15, 0.2) is 0 Å². The van der Waals surface area contributed by atoms with E-state index in [0.717, 1.165) is 24.0 Å². The van der Waals surface area contributed by atoms with E-state index in [9.17, 15) is 13.2 Å². The maximum Gasteiger partial charge on any atom is 0.306 e. The normalized spacial score (nSPS) is 22.4. The second-order valence-corrected chi connectivity index (χ2v) is 7.50. The molecule has 21 heavy (non-hydrogen) atoms. The molecule has 0 spiro atoms. The van der Waals surface area contributed by atoms with Crippen LogP contribution < -0.4 is 4.72 Å². The summed E-state index contributed by atoms with van der Waals surface area (Å²) in [4.78, 5) is 11.3. The lowest BCUT2D eigenvalue weighted by atomic mass is 9.97. The summed E-state index contributed by atoms with van der Waals surface area (Å²) in [5.41, 5.74) is 1.96. The van der Waals surface area contributed by atoms with E-state index < -0.39 is 21.9 Å². The zero-order valence-corrected chi connectivity index (χ0v) is 13.1. The highest BCUT2D eigenvalue weighted by Gasteiger charge is 2.33. The van der Waals surface area contributed by atoms with Crippen molar-refractivity contribution in [3.05, 3.63) is 29.3 Å². The van der Waals surface area contributed by atoms with Gasteiger partial charge in [-0.15, -0.1) is 0 Å². The van der Waals surface area contributed by atoms with Crippen LogP contribution in [0.1, 0.15) is 30.4 Å². The summed E-state index contributed by atoms with van der Waals surface area (Å²) < 4.78 is 27.1. The molecule has 1 aromatic carbocycles. The van der Waals surface area contributed by atoms with E-state index >= 15 is 0 Å². The summed E-state index contributed by atoms with van der Waals surface area (Å²) in [6, 6.07) is 4.99. The number of hydrogen-bond acceptors (Lipinski definition) is 3. The van der Waals surface area contributed by atoms with Crippen molar-refractivity contribution < 1.29 is 18.3 Å². The fourth-order valence-corrected chi connectivity index (χ4v) is 3.97.